The average molecular weight is 407 g/mol. The summed E-state index contributed by atoms with van der Waals surface area (Å²) in [6.45, 7) is 0.916. The van der Waals surface area contributed by atoms with Gasteiger partial charge in [-0.25, -0.2) is 4.79 Å². The van der Waals surface area contributed by atoms with E-state index in [9.17, 15) is 14.4 Å². The van der Waals surface area contributed by atoms with Crippen LogP contribution in [0, 0.1) is 6.92 Å². The van der Waals surface area contributed by atoms with Gasteiger partial charge in [-0.3, -0.25) is 20.4 Å². The van der Waals surface area contributed by atoms with Gasteiger partial charge in [-0.1, -0.05) is 29.8 Å². The fourth-order valence-corrected chi connectivity index (χ4v) is 2.30. The Kier molecular flexibility index (Phi) is 7.65. The number of methoxy groups -OCH3 is 1. The number of aryl methyl sites for hydroxylation is 1. The van der Waals surface area contributed by atoms with Crippen LogP contribution in [0.2, 0.25) is 5.02 Å². The minimum Gasteiger partial charge on any atom is -0.496 e. The lowest BCUT2D eigenvalue weighted by molar-refractivity contribution is -0.150. The molecule has 2 rings (SSSR count). The Morgan fingerprint density at radius 2 is 1.75 bits per heavy atom. The molecule has 0 unspecified atom stereocenters. The number of ether oxygens (including phenoxy) is 3. The molecule has 9 heteroatoms. The topological polar surface area (TPSA) is 103 Å². The molecule has 0 aliphatic heterocycles. The minimum absolute atomic E-state index is 0.138. The van der Waals surface area contributed by atoms with E-state index in [0.29, 0.717) is 10.8 Å². The van der Waals surface area contributed by atoms with Crippen molar-refractivity contribution < 1.29 is 28.6 Å². The molecule has 0 fully saturated rings. The number of hydrogen-bond acceptors (Lipinski definition) is 6. The van der Waals surface area contributed by atoms with Crippen LogP contribution in [0.5, 0.6) is 11.5 Å². The van der Waals surface area contributed by atoms with Gasteiger partial charge in [-0.05, 0) is 36.8 Å². The Bertz CT molecular complexity index is 871. The second-order valence-electron chi connectivity index (χ2n) is 5.56. The van der Waals surface area contributed by atoms with Crippen LogP contribution in [-0.4, -0.2) is 38.1 Å². The summed E-state index contributed by atoms with van der Waals surface area (Å²) >= 11 is 5.86. The summed E-state index contributed by atoms with van der Waals surface area (Å²) in [5.41, 5.74) is 5.33. The van der Waals surface area contributed by atoms with Crippen molar-refractivity contribution in [3.05, 3.63) is 58.6 Å². The smallest absolute Gasteiger partial charge is 0.344 e. The zero-order valence-electron chi connectivity index (χ0n) is 15.3. The maximum absolute atomic E-state index is 12.1. The van der Waals surface area contributed by atoms with Gasteiger partial charge in [0.2, 0.25) is 0 Å². The van der Waals surface area contributed by atoms with Gasteiger partial charge in [0.25, 0.3) is 11.8 Å². The largest absolute Gasteiger partial charge is 0.496 e. The highest BCUT2D eigenvalue weighted by molar-refractivity contribution is 6.31. The SMILES string of the molecule is COc1ccc(Cl)cc1C(=O)NNC(=O)COC(=O)COc1ccccc1C. The first-order chi connectivity index (χ1) is 13.4. The van der Waals surface area contributed by atoms with Gasteiger partial charge < -0.3 is 14.2 Å². The number of carbonyl (C=O) groups excluding carboxylic acids is 3. The number of rotatable bonds is 7. The molecule has 2 N–H and O–H groups in total. The molecule has 0 spiro atoms. The lowest BCUT2D eigenvalue weighted by Crippen LogP contribution is -2.43. The highest BCUT2D eigenvalue weighted by Gasteiger charge is 2.15. The number of para-hydroxylation sites is 1. The van der Waals surface area contributed by atoms with E-state index in [1.165, 1.54) is 19.2 Å². The molecule has 148 valence electrons. The standard InChI is InChI=1S/C19H19ClN2O6/c1-12-5-3-4-6-15(12)27-11-18(24)28-10-17(23)21-22-19(25)14-9-13(20)7-8-16(14)26-2/h3-9H,10-11H2,1-2H3,(H,21,23)(H,22,25). The fraction of sp³-hybridized carbons (Fsp3) is 0.211. The lowest BCUT2D eigenvalue weighted by atomic mass is 10.2. The first-order valence-electron chi connectivity index (χ1n) is 8.17. The van der Waals surface area contributed by atoms with Crippen LogP contribution in [0.1, 0.15) is 15.9 Å². The van der Waals surface area contributed by atoms with Crippen molar-refractivity contribution in [3.8, 4) is 11.5 Å². The Balaban J connectivity index is 1.75. The number of carbonyl (C=O) groups is 3. The molecule has 2 aromatic rings. The van der Waals surface area contributed by atoms with Crippen LogP contribution in [0.3, 0.4) is 0 Å². The molecule has 0 saturated heterocycles. The van der Waals surface area contributed by atoms with E-state index < -0.39 is 24.4 Å². The monoisotopic (exact) mass is 406 g/mol. The summed E-state index contributed by atoms with van der Waals surface area (Å²) in [5.74, 6) is -1.25. The van der Waals surface area contributed by atoms with E-state index in [0.717, 1.165) is 5.56 Å². The Morgan fingerprint density at radius 3 is 2.46 bits per heavy atom. The quantitative estimate of drug-likeness (QED) is 0.538. The third-order valence-electron chi connectivity index (χ3n) is 3.52. The predicted octanol–water partition coefficient (Wildman–Crippen LogP) is 2.04. The van der Waals surface area contributed by atoms with Gasteiger partial charge in [0, 0.05) is 5.02 Å². The second kappa shape index (κ2) is 10.2. The summed E-state index contributed by atoms with van der Waals surface area (Å²) in [6, 6.07) is 11.7. The van der Waals surface area contributed by atoms with Crippen molar-refractivity contribution in [1.29, 1.82) is 0 Å². The van der Waals surface area contributed by atoms with Crippen LogP contribution >= 0.6 is 11.6 Å². The number of hydrogen-bond donors (Lipinski definition) is 2. The molecule has 0 saturated carbocycles. The maximum Gasteiger partial charge on any atom is 0.344 e. The molecule has 8 nitrogen and oxygen atoms in total. The van der Waals surface area contributed by atoms with E-state index in [1.54, 1.807) is 18.2 Å². The predicted molar refractivity (Wildman–Crippen MR) is 101 cm³/mol. The summed E-state index contributed by atoms with van der Waals surface area (Å²) in [6.07, 6.45) is 0. The number of benzene rings is 2. The molecule has 0 aliphatic carbocycles. The molecule has 2 aromatic carbocycles. The molecule has 0 heterocycles. The van der Waals surface area contributed by atoms with Crippen molar-refractivity contribution in [2.24, 2.45) is 0 Å². The van der Waals surface area contributed by atoms with Crippen molar-refractivity contribution in [1.82, 2.24) is 10.9 Å². The van der Waals surface area contributed by atoms with Crippen LogP contribution in [0.15, 0.2) is 42.5 Å². The summed E-state index contributed by atoms with van der Waals surface area (Å²) in [4.78, 5) is 35.5. The van der Waals surface area contributed by atoms with Crippen LogP contribution in [0.25, 0.3) is 0 Å². The van der Waals surface area contributed by atoms with Crippen LogP contribution in [-0.2, 0) is 14.3 Å². The summed E-state index contributed by atoms with van der Waals surface area (Å²) < 4.78 is 15.2. The number of hydrazine groups is 1. The van der Waals surface area contributed by atoms with E-state index in [1.807, 2.05) is 19.1 Å². The number of esters is 1. The molecule has 0 aromatic heterocycles. The van der Waals surface area contributed by atoms with Gasteiger partial charge in [0.1, 0.15) is 11.5 Å². The first-order valence-corrected chi connectivity index (χ1v) is 8.55. The number of amides is 2. The average Bonchev–Trinajstić information content (AvgIpc) is 2.69. The van der Waals surface area contributed by atoms with Crippen molar-refractivity contribution >= 4 is 29.4 Å². The maximum atomic E-state index is 12.1. The first kappa shape index (κ1) is 21.0. The number of nitrogens with one attached hydrogen (secondary N) is 2. The van der Waals surface area contributed by atoms with Crippen molar-refractivity contribution in [2.45, 2.75) is 6.92 Å². The Labute approximate surface area is 166 Å². The molecule has 2 amide bonds. The molecule has 0 bridgehead atoms. The van der Waals surface area contributed by atoms with Crippen LogP contribution in [0.4, 0.5) is 0 Å². The van der Waals surface area contributed by atoms with Gasteiger partial charge in [-0.2, -0.15) is 0 Å². The zero-order chi connectivity index (χ0) is 20.5. The molecule has 28 heavy (non-hydrogen) atoms. The lowest BCUT2D eigenvalue weighted by Gasteiger charge is -2.11. The van der Waals surface area contributed by atoms with Gasteiger partial charge in [0.15, 0.2) is 13.2 Å². The molecule has 0 aliphatic rings. The van der Waals surface area contributed by atoms with E-state index in [-0.39, 0.29) is 17.9 Å². The second-order valence-corrected chi connectivity index (χ2v) is 6.00. The molecular formula is C19H19ClN2O6. The van der Waals surface area contributed by atoms with E-state index >= 15 is 0 Å². The van der Waals surface area contributed by atoms with Crippen molar-refractivity contribution in [2.75, 3.05) is 20.3 Å². The highest BCUT2D eigenvalue weighted by Crippen LogP contribution is 2.22. The zero-order valence-corrected chi connectivity index (χ0v) is 16.0. The fourth-order valence-electron chi connectivity index (χ4n) is 2.13. The van der Waals surface area contributed by atoms with Crippen molar-refractivity contribution in [3.63, 3.8) is 0 Å². The van der Waals surface area contributed by atoms with E-state index in [4.69, 9.17) is 25.8 Å². The van der Waals surface area contributed by atoms with Gasteiger partial charge >= 0.3 is 5.97 Å². The normalized spacial score (nSPS) is 9.96. The van der Waals surface area contributed by atoms with Gasteiger partial charge in [0.05, 0.1) is 12.7 Å². The van der Waals surface area contributed by atoms with Gasteiger partial charge in [-0.15, -0.1) is 0 Å². The number of halogens is 1. The third kappa shape index (κ3) is 6.17. The minimum atomic E-state index is -0.724. The molecule has 0 atom stereocenters. The van der Waals surface area contributed by atoms with Crippen LogP contribution < -0.4 is 20.3 Å². The molecular weight excluding hydrogens is 388 g/mol. The third-order valence-corrected chi connectivity index (χ3v) is 3.76. The van der Waals surface area contributed by atoms with E-state index in [2.05, 4.69) is 10.9 Å². The summed E-state index contributed by atoms with van der Waals surface area (Å²) in [5, 5.41) is 0.333. The molecule has 0 radical (unpaired) electrons. The highest BCUT2D eigenvalue weighted by atomic mass is 35.5. The Hall–Kier alpha value is -3.26. The Morgan fingerprint density at radius 1 is 1.00 bits per heavy atom. The summed E-state index contributed by atoms with van der Waals surface area (Å²) in [7, 11) is 1.40.